The molecule has 0 aliphatic heterocycles. The van der Waals surface area contributed by atoms with Crippen LogP contribution in [-0.4, -0.2) is 29.9 Å². The maximum atomic E-state index is 14.3. The first kappa shape index (κ1) is 25.0. The monoisotopic (exact) mass is 532 g/mol. The van der Waals surface area contributed by atoms with Gasteiger partial charge < -0.3 is 0 Å². The Bertz CT molecular complexity index is 1040. The smallest absolute Gasteiger partial charge is 0.196 e. The molecule has 0 spiro atoms. The zero-order valence-electron chi connectivity index (χ0n) is 14.2. The highest BCUT2D eigenvalue weighted by atomic mass is 32.1. The number of fused-ring (bicyclic) bond motifs is 3. The van der Waals surface area contributed by atoms with Gasteiger partial charge in [0.05, 0.1) is 14.6 Å². The molecule has 2 aromatic rings. The van der Waals surface area contributed by atoms with Gasteiger partial charge in [0, 0.05) is 11.1 Å². The summed E-state index contributed by atoms with van der Waals surface area (Å²) in [5, 5.41) is 1.04. The fourth-order valence-corrected chi connectivity index (χ4v) is 5.05. The van der Waals surface area contributed by atoms with Crippen LogP contribution in [0.15, 0.2) is 17.5 Å². The molecule has 1 aliphatic rings. The lowest BCUT2D eigenvalue weighted by Crippen LogP contribution is -2.69. The SMILES string of the molecule is FC1(F)c2ccsc2-c2sc(C(F)(F)C(F)(F)C(F)(F)C(F)(F)C(F)(F)C(F)(F)F)cc21. The Kier molecular flexibility index (Phi) is 5.06. The van der Waals surface area contributed by atoms with Crippen LogP contribution in [0.4, 0.5) is 65.9 Å². The van der Waals surface area contributed by atoms with Crippen molar-refractivity contribution in [3.05, 3.63) is 33.5 Å². The number of hydrogen-bond acceptors (Lipinski definition) is 2. The molecule has 2 aromatic heterocycles. The van der Waals surface area contributed by atoms with Gasteiger partial charge in [-0.1, -0.05) is 0 Å². The molecule has 0 aromatic carbocycles. The maximum Gasteiger partial charge on any atom is 0.460 e. The molecule has 1 aliphatic carbocycles. The number of thiophene rings is 2. The summed E-state index contributed by atoms with van der Waals surface area (Å²) in [5.74, 6) is -42.1. The Morgan fingerprint density at radius 2 is 1.12 bits per heavy atom. The molecule has 17 heteroatoms. The predicted octanol–water partition coefficient (Wildman–Crippen LogP) is 8.13. The van der Waals surface area contributed by atoms with E-state index in [2.05, 4.69) is 0 Å². The largest absolute Gasteiger partial charge is 0.460 e. The van der Waals surface area contributed by atoms with Gasteiger partial charge in [0.1, 0.15) is 0 Å². The quantitative estimate of drug-likeness (QED) is 0.341. The second kappa shape index (κ2) is 6.48. The summed E-state index contributed by atoms with van der Waals surface area (Å²) in [5.41, 5.74) is -2.11. The van der Waals surface area contributed by atoms with Gasteiger partial charge in [-0.05, 0) is 17.5 Å². The van der Waals surface area contributed by atoms with Gasteiger partial charge in [-0.3, -0.25) is 0 Å². The normalized spacial score (nSPS) is 17.5. The molecule has 0 atom stereocenters. The van der Waals surface area contributed by atoms with Gasteiger partial charge in [0.25, 0.3) is 0 Å². The van der Waals surface area contributed by atoms with Gasteiger partial charge in [-0.25, -0.2) is 0 Å². The summed E-state index contributed by atoms with van der Waals surface area (Å²) < 4.78 is 201. The van der Waals surface area contributed by atoms with Gasteiger partial charge in [0.15, 0.2) is 0 Å². The molecule has 0 amide bonds. The standard InChI is InChI=1S/C15H3F15S2/c16-9(17)4-1-2-31-7(4)8-5(9)3-6(32-8)10(18,19)11(20,21)12(22,23)13(24,25)14(26,27)15(28,29)30/h1-3H. The molecule has 0 saturated carbocycles. The molecule has 180 valence electrons. The number of rotatable bonds is 5. The van der Waals surface area contributed by atoms with Crippen LogP contribution >= 0.6 is 22.7 Å². The van der Waals surface area contributed by atoms with Crippen LogP contribution in [0, 0.1) is 0 Å². The van der Waals surface area contributed by atoms with Gasteiger partial charge in [-0.2, -0.15) is 65.9 Å². The Morgan fingerprint density at radius 1 is 0.625 bits per heavy atom. The summed E-state index contributed by atoms with van der Waals surface area (Å²) in [6, 6.07) is 0.434. The molecule has 2 heterocycles. The van der Waals surface area contributed by atoms with Crippen LogP contribution in [0.25, 0.3) is 9.75 Å². The first-order chi connectivity index (χ1) is 14.1. The molecule has 0 radical (unpaired) electrons. The van der Waals surface area contributed by atoms with E-state index in [1.54, 1.807) is 0 Å². The van der Waals surface area contributed by atoms with E-state index in [-0.39, 0.29) is 0 Å². The number of alkyl halides is 15. The van der Waals surface area contributed by atoms with Crippen LogP contribution in [0.5, 0.6) is 0 Å². The minimum atomic E-state index is -8.05. The van der Waals surface area contributed by atoms with Crippen LogP contribution in [-0.2, 0) is 11.8 Å². The van der Waals surface area contributed by atoms with E-state index < -0.39 is 84.9 Å². The summed E-state index contributed by atoms with van der Waals surface area (Å²) in [7, 11) is 0. The molecule has 32 heavy (non-hydrogen) atoms. The van der Waals surface area contributed by atoms with E-state index in [4.69, 9.17) is 0 Å². The molecule has 3 rings (SSSR count). The van der Waals surface area contributed by atoms with Crippen molar-refractivity contribution in [3.63, 3.8) is 0 Å². The van der Waals surface area contributed by atoms with Crippen LogP contribution < -0.4 is 0 Å². The fraction of sp³-hybridized carbons (Fsp3) is 0.467. The number of hydrogen-bond donors (Lipinski definition) is 0. The number of halogens is 15. The zero-order valence-corrected chi connectivity index (χ0v) is 15.9. The summed E-state index contributed by atoms with van der Waals surface area (Å²) >= 11 is -0.132. The van der Waals surface area contributed by atoms with Crippen molar-refractivity contribution in [1.82, 2.24) is 0 Å². The van der Waals surface area contributed by atoms with Crippen molar-refractivity contribution in [2.75, 3.05) is 0 Å². The Morgan fingerprint density at radius 3 is 1.62 bits per heavy atom. The van der Waals surface area contributed by atoms with E-state index in [1.807, 2.05) is 0 Å². The molecule has 0 saturated heterocycles. The molecule has 0 fully saturated rings. The molecular formula is C15H3F15S2. The summed E-state index contributed by atoms with van der Waals surface area (Å²) in [6.07, 6.45) is -7.52. The lowest BCUT2D eigenvalue weighted by molar-refractivity contribution is -0.441. The maximum absolute atomic E-state index is 14.3. The van der Waals surface area contributed by atoms with E-state index in [0.717, 1.165) is 11.4 Å². The van der Waals surface area contributed by atoms with E-state index >= 15 is 0 Å². The van der Waals surface area contributed by atoms with Crippen molar-refractivity contribution >= 4 is 22.7 Å². The highest BCUT2D eigenvalue weighted by molar-refractivity contribution is 7.22. The second-order valence-corrected chi connectivity index (χ2v) is 8.43. The van der Waals surface area contributed by atoms with Crippen molar-refractivity contribution in [2.45, 2.75) is 41.7 Å². The van der Waals surface area contributed by atoms with Crippen molar-refractivity contribution in [2.24, 2.45) is 0 Å². The molecular weight excluding hydrogens is 529 g/mol. The van der Waals surface area contributed by atoms with Crippen molar-refractivity contribution in [3.8, 4) is 9.75 Å². The van der Waals surface area contributed by atoms with Crippen molar-refractivity contribution < 1.29 is 65.9 Å². The van der Waals surface area contributed by atoms with Gasteiger partial charge in [0.2, 0.25) is 0 Å². The molecule has 0 nitrogen and oxygen atoms in total. The average molecular weight is 532 g/mol. The first-order valence-electron chi connectivity index (χ1n) is 7.63. The van der Waals surface area contributed by atoms with E-state index in [0.29, 0.717) is 11.3 Å². The molecule has 0 N–H and O–H groups in total. The lowest BCUT2D eigenvalue weighted by Gasteiger charge is -2.39. The van der Waals surface area contributed by atoms with Crippen LogP contribution in [0.1, 0.15) is 16.0 Å². The van der Waals surface area contributed by atoms with Gasteiger partial charge >= 0.3 is 41.7 Å². The Hall–Kier alpha value is -1.65. The topological polar surface area (TPSA) is 0 Å². The zero-order chi connectivity index (χ0) is 24.9. The van der Waals surface area contributed by atoms with Crippen LogP contribution in [0.3, 0.4) is 0 Å². The van der Waals surface area contributed by atoms with Crippen molar-refractivity contribution in [1.29, 1.82) is 0 Å². The Balaban J connectivity index is 2.13. The van der Waals surface area contributed by atoms with E-state index in [9.17, 15) is 65.9 Å². The third-order valence-electron chi connectivity index (χ3n) is 4.52. The van der Waals surface area contributed by atoms with E-state index in [1.165, 1.54) is 0 Å². The average Bonchev–Trinajstić information content (AvgIpc) is 3.30. The minimum Gasteiger partial charge on any atom is -0.196 e. The molecule has 0 unspecified atom stereocenters. The van der Waals surface area contributed by atoms with Crippen LogP contribution in [0.2, 0.25) is 0 Å². The third kappa shape index (κ3) is 2.78. The third-order valence-corrected chi connectivity index (χ3v) is 6.81. The highest BCUT2D eigenvalue weighted by Gasteiger charge is 2.91. The first-order valence-corrected chi connectivity index (χ1v) is 9.33. The summed E-state index contributed by atoms with van der Waals surface area (Å²) in [4.78, 5) is -3.60. The lowest BCUT2D eigenvalue weighted by atomic mass is 9.93. The minimum absolute atomic E-state index is 0.406. The summed E-state index contributed by atoms with van der Waals surface area (Å²) in [6.45, 7) is 0. The Labute approximate surface area is 174 Å². The fourth-order valence-electron chi connectivity index (χ4n) is 2.75. The van der Waals surface area contributed by atoms with Gasteiger partial charge in [-0.15, -0.1) is 22.7 Å². The molecule has 0 bridgehead atoms. The predicted molar refractivity (Wildman–Crippen MR) is 80.4 cm³/mol. The second-order valence-electron chi connectivity index (χ2n) is 6.46. The highest BCUT2D eigenvalue weighted by Crippen LogP contribution is 2.64.